The lowest BCUT2D eigenvalue weighted by Crippen LogP contribution is -1.96. The Bertz CT molecular complexity index is 328. The molecule has 0 radical (unpaired) electrons. The largest absolute Gasteiger partial charge is 0.497 e. The fraction of sp³-hybridized carbons (Fsp3) is 0.200. The molecular formula is C10H9FO2. The Kier molecular flexibility index (Phi) is 3.15. The summed E-state index contributed by atoms with van der Waals surface area (Å²) in [5, 5.41) is 0. The van der Waals surface area contributed by atoms with E-state index in [4.69, 9.17) is 15.9 Å². The molecule has 0 amide bonds. The second-order valence-electron chi connectivity index (χ2n) is 2.29. The number of ether oxygens (including phenoxy) is 2. The molecule has 0 unspecified atom stereocenters. The first-order valence-corrected chi connectivity index (χ1v) is 3.67. The summed E-state index contributed by atoms with van der Waals surface area (Å²) in [5.74, 6) is 2.45. The Morgan fingerprint density at radius 2 is 2.31 bits per heavy atom. The maximum absolute atomic E-state index is 13.0. The summed E-state index contributed by atoms with van der Waals surface area (Å²) in [6, 6.07) is 4.23. The average molecular weight is 180 g/mol. The zero-order valence-electron chi connectivity index (χ0n) is 7.21. The zero-order chi connectivity index (χ0) is 9.68. The van der Waals surface area contributed by atoms with Crippen LogP contribution in [0, 0.1) is 18.2 Å². The minimum absolute atomic E-state index is 0.0457. The third-order valence-corrected chi connectivity index (χ3v) is 1.45. The van der Waals surface area contributed by atoms with Crippen molar-refractivity contribution in [3.63, 3.8) is 0 Å². The molecule has 0 N–H and O–H groups in total. The average Bonchev–Trinajstić information content (AvgIpc) is 2.17. The first-order chi connectivity index (χ1) is 6.27. The van der Waals surface area contributed by atoms with Gasteiger partial charge in [-0.25, -0.2) is 4.39 Å². The van der Waals surface area contributed by atoms with E-state index >= 15 is 0 Å². The minimum Gasteiger partial charge on any atom is -0.497 e. The van der Waals surface area contributed by atoms with Crippen LogP contribution in [-0.4, -0.2) is 13.7 Å². The van der Waals surface area contributed by atoms with Gasteiger partial charge in [-0.15, -0.1) is 6.42 Å². The van der Waals surface area contributed by atoms with E-state index in [1.165, 1.54) is 25.3 Å². The summed E-state index contributed by atoms with van der Waals surface area (Å²) in [7, 11) is 1.50. The van der Waals surface area contributed by atoms with Crippen molar-refractivity contribution in [3.05, 3.63) is 24.0 Å². The molecule has 2 nitrogen and oxygen atoms in total. The lowest BCUT2D eigenvalue weighted by atomic mass is 10.3. The second-order valence-corrected chi connectivity index (χ2v) is 2.29. The highest BCUT2D eigenvalue weighted by Gasteiger charge is 2.03. The summed E-state index contributed by atoms with van der Waals surface area (Å²) >= 11 is 0. The van der Waals surface area contributed by atoms with Crippen LogP contribution in [-0.2, 0) is 0 Å². The highest BCUT2D eigenvalue weighted by molar-refractivity contribution is 5.34. The molecule has 0 fully saturated rings. The first-order valence-electron chi connectivity index (χ1n) is 3.67. The highest BCUT2D eigenvalue weighted by Crippen LogP contribution is 2.22. The molecule has 3 heteroatoms. The fourth-order valence-corrected chi connectivity index (χ4v) is 0.841. The van der Waals surface area contributed by atoms with E-state index in [0.717, 1.165) is 0 Å². The van der Waals surface area contributed by atoms with Crippen molar-refractivity contribution in [2.75, 3.05) is 13.7 Å². The molecule has 1 aromatic carbocycles. The van der Waals surface area contributed by atoms with Gasteiger partial charge in [0.2, 0.25) is 0 Å². The van der Waals surface area contributed by atoms with Gasteiger partial charge in [-0.1, -0.05) is 5.92 Å². The van der Waals surface area contributed by atoms with Crippen LogP contribution in [0.1, 0.15) is 0 Å². The molecule has 68 valence electrons. The highest BCUT2D eigenvalue weighted by atomic mass is 19.1. The predicted octanol–water partition coefficient (Wildman–Crippen LogP) is 1.85. The SMILES string of the molecule is C#CCOc1cc(OC)ccc1F. The third-order valence-electron chi connectivity index (χ3n) is 1.45. The van der Waals surface area contributed by atoms with Crippen molar-refractivity contribution < 1.29 is 13.9 Å². The van der Waals surface area contributed by atoms with Crippen LogP contribution in [0.3, 0.4) is 0 Å². The van der Waals surface area contributed by atoms with Crippen molar-refractivity contribution in [1.82, 2.24) is 0 Å². The van der Waals surface area contributed by atoms with Crippen LogP contribution in [0.15, 0.2) is 18.2 Å². The lowest BCUT2D eigenvalue weighted by Gasteiger charge is -2.05. The molecule has 0 aliphatic carbocycles. The van der Waals surface area contributed by atoms with Gasteiger partial charge in [0.1, 0.15) is 12.4 Å². The van der Waals surface area contributed by atoms with Crippen molar-refractivity contribution in [3.8, 4) is 23.8 Å². The number of hydrogen-bond donors (Lipinski definition) is 0. The number of halogens is 1. The number of benzene rings is 1. The third kappa shape index (κ3) is 2.38. The van der Waals surface area contributed by atoms with Crippen molar-refractivity contribution in [1.29, 1.82) is 0 Å². The van der Waals surface area contributed by atoms with E-state index in [0.29, 0.717) is 5.75 Å². The summed E-state index contributed by atoms with van der Waals surface area (Å²) < 4.78 is 22.8. The van der Waals surface area contributed by atoms with Gasteiger partial charge in [-0.3, -0.25) is 0 Å². The van der Waals surface area contributed by atoms with E-state index in [1.54, 1.807) is 0 Å². The molecule has 13 heavy (non-hydrogen) atoms. The fourth-order valence-electron chi connectivity index (χ4n) is 0.841. The van der Waals surface area contributed by atoms with Gasteiger partial charge in [0.25, 0.3) is 0 Å². The maximum Gasteiger partial charge on any atom is 0.165 e. The minimum atomic E-state index is -0.448. The topological polar surface area (TPSA) is 18.5 Å². The van der Waals surface area contributed by atoms with E-state index in [1.807, 2.05) is 0 Å². The van der Waals surface area contributed by atoms with Crippen LogP contribution < -0.4 is 9.47 Å². The Morgan fingerprint density at radius 1 is 1.54 bits per heavy atom. The van der Waals surface area contributed by atoms with Crippen LogP contribution in [0.25, 0.3) is 0 Å². The molecule has 0 atom stereocenters. The number of rotatable bonds is 3. The monoisotopic (exact) mass is 180 g/mol. The Morgan fingerprint density at radius 3 is 2.92 bits per heavy atom. The Labute approximate surface area is 76.3 Å². The van der Waals surface area contributed by atoms with Gasteiger partial charge >= 0.3 is 0 Å². The van der Waals surface area contributed by atoms with Crippen molar-refractivity contribution in [2.45, 2.75) is 0 Å². The molecule has 0 aliphatic rings. The summed E-state index contributed by atoms with van der Waals surface area (Å²) in [5.41, 5.74) is 0. The van der Waals surface area contributed by atoms with E-state index in [2.05, 4.69) is 5.92 Å². The van der Waals surface area contributed by atoms with Gasteiger partial charge in [0.05, 0.1) is 7.11 Å². The summed E-state index contributed by atoms with van der Waals surface area (Å²) in [6.45, 7) is 0.0457. The van der Waals surface area contributed by atoms with Gasteiger partial charge in [0.15, 0.2) is 11.6 Å². The molecule has 0 saturated carbocycles. The maximum atomic E-state index is 13.0. The second kappa shape index (κ2) is 4.36. The number of methoxy groups -OCH3 is 1. The molecule has 0 aliphatic heterocycles. The van der Waals surface area contributed by atoms with Gasteiger partial charge in [0, 0.05) is 6.07 Å². The lowest BCUT2D eigenvalue weighted by molar-refractivity contribution is 0.342. The van der Waals surface area contributed by atoms with Crippen LogP contribution in [0.2, 0.25) is 0 Å². The normalized spacial score (nSPS) is 9.00. The molecular weight excluding hydrogens is 171 g/mol. The van der Waals surface area contributed by atoms with Crippen molar-refractivity contribution >= 4 is 0 Å². The zero-order valence-corrected chi connectivity index (χ0v) is 7.21. The molecule has 1 rings (SSSR count). The number of hydrogen-bond acceptors (Lipinski definition) is 2. The van der Waals surface area contributed by atoms with E-state index < -0.39 is 5.82 Å². The van der Waals surface area contributed by atoms with Crippen LogP contribution >= 0.6 is 0 Å². The molecule has 0 spiro atoms. The number of terminal acetylenes is 1. The van der Waals surface area contributed by atoms with Crippen LogP contribution in [0.4, 0.5) is 4.39 Å². The smallest absolute Gasteiger partial charge is 0.165 e. The Balaban J connectivity index is 2.85. The molecule has 0 bridgehead atoms. The molecule has 0 saturated heterocycles. The van der Waals surface area contributed by atoms with Crippen molar-refractivity contribution in [2.24, 2.45) is 0 Å². The van der Waals surface area contributed by atoms with Gasteiger partial charge < -0.3 is 9.47 Å². The molecule has 0 heterocycles. The molecule has 1 aromatic rings. The summed E-state index contributed by atoms with van der Waals surface area (Å²) in [6.07, 6.45) is 4.97. The van der Waals surface area contributed by atoms with Gasteiger partial charge in [-0.05, 0) is 12.1 Å². The predicted molar refractivity (Wildman–Crippen MR) is 47.3 cm³/mol. The van der Waals surface area contributed by atoms with Gasteiger partial charge in [-0.2, -0.15) is 0 Å². The standard InChI is InChI=1S/C10H9FO2/c1-3-6-13-10-7-8(12-2)4-5-9(10)11/h1,4-5,7H,6H2,2H3. The van der Waals surface area contributed by atoms with Crippen LogP contribution in [0.5, 0.6) is 11.5 Å². The first kappa shape index (κ1) is 9.40. The quantitative estimate of drug-likeness (QED) is 0.661. The van der Waals surface area contributed by atoms with E-state index in [9.17, 15) is 4.39 Å². The van der Waals surface area contributed by atoms with E-state index in [-0.39, 0.29) is 12.4 Å². The molecule has 0 aromatic heterocycles. The summed E-state index contributed by atoms with van der Waals surface area (Å²) in [4.78, 5) is 0. The Hall–Kier alpha value is -1.69.